The van der Waals surface area contributed by atoms with Gasteiger partial charge in [-0.25, -0.2) is 4.79 Å². The van der Waals surface area contributed by atoms with Crippen LogP contribution in [0, 0.1) is 5.41 Å². The molecule has 0 aromatic rings. The van der Waals surface area contributed by atoms with Crippen LogP contribution < -0.4 is 5.32 Å². The van der Waals surface area contributed by atoms with Crippen LogP contribution in [0.25, 0.3) is 0 Å². The number of carbonyl (C=O) groups is 2. The molecule has 1 rings (SSSR count). The third-order valence-electron chi connectivity index (χ3n) is 4.30. The summed E-state index contributed by atoms with van der Waals surface area (Å²) in [6, 6.07) is -0.126. The molecule has 1 atom stereocenters. The molecular weight excluding hydrogens is 270 g/mol. The number of aliphatic carboxylic acids is 1. The van der Waals surface area contributed by atoms with E-state index in [1.807, 2.05) is 21.0 Å². The van der Waals surface area contributed by atoms with Gasteiger partial charge in [-0.15, -0.1) is 0 Å². The van der Waals surface area contributed by atoms with Gasteiger partial charge in [0.05, 0.1) is 5.41 Å². The van der Waals surface area contributed by atoms with E-state index in [-0.39, 0.29) is 6.03 Å². The van der Waals surface area contributed by atoms with Crippen LogP contribution in [-0.4, -0.2) is 67.2 Å². The molecule has 1 aliphatic heterocycles. The van der Waals surface area contributed by atoms with Gasteiger partial charge in [-0.05, 0) is 52.7 Å². The maximum atomic E-state index is 12.1. The summed E-state index contributed by atoms with van der Waals surface area (Å²) in [5.74, 6) is -0.784. The van der Waals surface area contributed by atoms with Gasteiger partial charge >= 0.3 is 12.0 Å². The number of hydrogen-bond donors (Lipinski definition) is 2. The van der Waals surface area contributed by atoms with E-state index >= 15 is 0 Å². The molecule has 0 bridgehead atoms. The molecule has 0 aromatic heterocycles. The maximum absolute atomic E-state index is 12.1. The number of carbonyl (C=O) groups excluding carboxylic acids is 1. The van der Waals surface area contributed by atoms with Crippen molar-refractivity contribution in [2.75, 3.05) is 40.3 Å². The SMILES string of the molecule is CCC1(C(=O)O)CCCN(C(=O)NCCCCN(C)C)C1. The zero-order valence-corrected chi connectivity index (χ0v) is 13.5. The van der Waals surface area contributed by atoms with E-state index in [1.54, 1.807) is 4.90 Å². The highest BCUT2D eigenvalue weighted by molar-refractivity contribution is 5.78. The molecule has 6 nitrogen and oxygen atoms in total. The first kappa shape index (κ1) is 17.8. The number of likely N-dealkylation sites (tertiary alicyclic amines) is 1. The number of rotatable bonds is 7. The number of unbranched alkanes of at least 4 members (excludes halogenated alkanes) is 1. The predicted molar refractivity (Wildman–Crippen MR) is 82.4 cm³/mol. The Labute approximate surface area is 127 Å². The predicted octanol–water partition coefficient (Wildman–Crippen LogP) is 1.61. The summed E-state index contributed by atoms with van der Waals surface area (Å²) in [7, 11) is 4.06. The summed E-state index contributed by atoms with van der Waals surface area (Å²) in [4.78, 5) is 27.4. The van der Waals surface area contributed by atoms with Gasteiger partial charge in [-0.3, -0.25) is 4.79 Å². The van der Waals surface area contributed by atoms with Crippen LogP contribution in [0.5, 0.6) is 0 Å². The third-order valence-corrected chi connectivity index (χ3v) is 4.30. The van der Waals surface area contributed by atoms with Crippen LogP contribution in [0.3, 0.4) is 0 Å². The van der Waals surface area contributed by atoms with Gasteiger partial charge in [0.2, 0.25) is 0 Å². The van der Waals surface area contributed by atoms with Crippen LogP contribution >= 0.6 is 0 Å². The lowest BCUT2D eigenvalue weighted by atomic mass is 9.78. The summed E-state index contributed by atoms with van der Waals surface area (Å²) < 4.78 is 0. The average Bonchev–Trinajstić information content (AvgIpc) is 2.46. The molecule has 1 heterocycles. The fourth-order valence-electron chi connectivity index (χ4n) is 2.78. The lowest BCUT2D eigenvalue weighted by molar-refractivity contribution is -0.152. The molecule has 1 fully saturated rings. The summed E-state index contributed by atoms with van der Waals surface area (Å²) in [6.45, 7) is 4.52. The number of amides is 2. The Bertz CT molecular complexity index is 360. The molecule has 6 heteroatoms. The van der Waals surface area contributed by atoms with Gasteiger partial charge < -0.3 is 20.2 Å². The van der Waals surface area contributed by atoms with E-state index in [2.05, 4.69) is 10.2 Å². The van der Waals surface area contributed by atoms with E-state index in [9.17, 15) is 14.7 Å². The molecule has 2 amide bonds. The summed E-state index contributed by atoms with van der Waals surface area (Å²) in [5, 5.41) is 12.3. The molecule has 21 heavy (non-hydrogen) atoms. The highest BCUT2D eigenvalue weighted by Gasteiger charge is 2.42. The number of piperidine rings is 1. The van der Waals surface area contributed by atoms with Crippen LogP contribution in [0.2, 0.25) is 0 Å². The Hall–Kier alpha value is -1.30. The molecule has 122 valence electrons. The van der Waals surface area contributed by atoms with Crippen molar-refractivity contribution in [3.63, 3.8) is 0 Å². The number of carboxylic acids is 1. The number of hydrogen-bond acceptors (Lipinski definition) is 3. The fraction of sp³-hybridized carbons (Fsp3) is 0.867. The van der Waals surface area contributed by atoms with Crippen molar-refractivity contribution in [2.45, 2.75) is 39.0 Å². The molecular formula is C15H29N3O3. The third kappa shape index (κ3) is 5.19. The molecule has 1 aliphatic rings. The molecule has 0 radical (unpaired) electrons. The Morgan fingerprint density at radius 3 is 2.62 bits per heavy atom. The first-order valence-corrected chi connectivity index (χ1v) is 7.82. The van der Waals surface area contributed by atoms with E-state index < -0.39 is 11.4 Å². The Morgan fingerprint density at radius 2 is 2.05 bits per heavy atom. The summed E-state index contributed by atoms with van der Waals surface area (Å²) >= 11 is 0. The zero-order chi connectivity index (χ0) is 15.9. The second kappa shape index (κ2) is 8.22. The van der Waals surface area contributed by atoms with Crippen LogP contribution in [-0.2, 0) is 4.79 Å². The molecule has 1 unspecified atom stereocenters. The molecule has 0 spiro atoms. The monoisotopic (exact) mass is 299 g/mol. The number of nitrogens with one attached hydrogen (secondary N) is 1. The Kier molecular flexibility index (Phi) is 6.95. The maximum Gasteiger partial charge on any atom is 0.317 e. The Balaban J connectivity index is 2.38. The second-order valence-corrected chi connectivity index (χ2v) is 6.21. The smallest absolute Gasteiger partial charge is 0.317 e. The highest BCUT2D eigenvalue weighted by atomic mass is 16.4. The minimum absolute atomic E-state index is 0.126. The number of nitrogens with zero attached hydrogens (tertiary/aromatic N) is 2. The van der Waals surface area contributed by atoms with E-state index in [4.69, 9.17) is 0 Å². The lowest BCUT2D eigenvalue weighted by Gasteiger charge is -2.39. The number of urea groups is 1. The van der Waals surface area contributed by atoms with E-state index in [0.717, 1.165) is 25.8 Å². The zero-order valence-electron chi connectivity index (χ0n) is 13.5. The van der Waals surface area contributed by atoms with Crippen molar-refractivity contribution in [1.82, 2.24) is 15.1 Å². The van der Waals surface area contributed by atoms with Crippen molar-refractivity contribution in [3.05, 3.63) is 0 Å². The fourth-order valence-corrected chi connectivity index (χ4v) is 2.78. The van der Waals surface area contributed by atoms with E-state index in [1.165, 1.54) is 0 Å². The van der Waals surface area contributed by atoms with Crippen LogP contribution in [0.4, 0.5) is 4.79 Å². The standard InChI is InChI=1S/C15H29N3O3/c1-4-15(13(19)20)8-7-11-18(12-15)14(21)16-9-5-6-10-17(2)3/h4-12H2,1-3H3,(H,16,21)(H,19,20). The average molecular weight is 299 g/mol. The minimum atomic E-state index is -0.784. The highest BCUT2D eigenvalue weighted by Crippen LogP contribution is 2.33. The lowest BCUT2D eigenvalue weighted by Crippen LogP contribution is -2.52. The van der Waals surface area contributed by atoms with E-state index in [0.29, 0.717) is 32.5 Å². The molecule has 0 saturated carbocycles. The van der Waals surface area contributed by atoms with Gasteiger partial charge in [0, 0.05) is 19.6 Å². The molecule has 1 saturated heterocycles. The van der Waals surface area contributed by atoms with Crippen molar-refractivity contribution in [3.8, 4) is 0 Å². The van der Waals surface area contributed by atoms with Crippen LogP contribution in [0.15, 0.2) is 0 Å². The largest absolute Gasteiger partial charge is 0.481 e. The molecule has 2 N–H and O–H groups in total. The van der Waals surface area contributed by atoms with Gasteiger partial charge in [0.25, 0.3) is 0 Å². The minimum Gasteiger partial charge on any atom is -0.481 e. The summed E-state index contributed by atoms with van der Waals surface area (Å²) in [5.41, 5.74) is -0.763. The Morgan fingerprint density at radius 1 is 1.33 bits per heavy atom. The van der Waals surface area contributed by atoms with Gasteiger partial charge in [-0.2, -0.15) is 0 Å². The van der Waals surface area contributed by atoms with Gasteiger partial charge in [0.1, 0.15) is 0 Å². The first-order valence-electron chi connectivity index (χ1n) is 7.82. The first-order chi connectivity index (χ1) is 9.91. The van der Waals surface area contributed by atoms with Crippen molar-refractivity contribution >= 4 is 12.0 Å². The van der Waals surface area contributed by atoms with Crippen molar-refractivity contribution in [2.24, 2.45) is 5.41 Å². The second-order valence-electron chi connectivity index (χ2n) is 6.21. The molecule has 0 aliphatic carbocycles. The topological polar surface area (TPSA) is 72.9 Å². The number of carboxylic acid groups (broad SMARTS) is 1. The van der Waals surface area contributed by atoms with Crippen LogP contribution in [0.1, 0.15) is 39.0 Å². The molecule has 0 aromatic carbocycles. The normalized spacial score (nSPS) is 22.4. The van der Waals surface area contributed by atoms with Gasteiger partial charge in [0.15, 0.2) is 0 Å². The van der Waals surface area contributed by atoms with Crippen molar-refractivity contribution < 1.29 is 14.7 Å². The summed E-state index contributed by atoms with van der Waals surface area (Å²) in [6.07, 6.45) is 3.96. The quantitative estimate of drug-likeness (QED) is 0.701. The van der Waals surface area contributed by atoms with Crippen molar-refractivity contribution in [1.29, 1.82) is 0 Å². The van der Waals surface area contributed by atoms with Gasteiger partial charge in [-0.1, -0.05) is 6.92 Å².